The number of benzene rings is 2. The van der Waals surface area contributed by atoms with Gasteiger partial charge in [0.2, 0.25) is 0 Å². The van der Waals surface area contributed by atoms with Gasteiger partial charge in [-0.3, -0.25) is 9.69 Å². The van der Waals surface area contributed by atoms with Crippen LogP contribution in [0.2, 0.25) is 0 Å². The van der Waals surface area contributed by atoms with E-state index in [9.17, 15) is 9.59 Å². The molecule has 2 aromatic carbocycles. The van der Waals surface area contributed by atoms with Crippen molar-refractivity contribution in [3.05, 3.63) is 60.3 Å². The SMILES string of the molecule is CCN(C(=O)COC(=O)c1cc2ccccc2[nH]1)c1nc2ccccc2s1. The molecule has 136 valence electrons. The second-order valence-corrected chi connectivity index (χ2v) is 6.96. The van der Waals surface area contributed by atoms with Gasteiger partial charge in [-0.1, -0.05) is 41.7 Å². The van der Waals surface area contributed by atoms with Crippen molar-refractivity contribution in [2.45, 2.75) is 6.92 Å². The zero-order chi connectivity index (χ0) is 18.8. The zero-order valence-electron chi connectivity index (χ0n) is 14.6. The number of likely N-dealkylation sites (N-methyl/N-ethyl adjacent to an activating group) is 1. The fourth-order valence-corrected chi connectivity index (χ4v) is 3.91. The Kier molecular flexibility index (Phi) is 4.60. The monoisotopic (exact) mass is 379 g/mol. The van der Waals surface area contributed by atoms with E-state index in [0.29, 0.717) is 17.4 Å². The maximum absolute atomic E-state index is 12.6. The van der Waals surface area contributed by atoms with Crippen LogP contribution in [0.3, 0.4) is 0 Å². The fraction of sp³-hybridized carbons (Fsp3) is 0.150. The quantitative estimate of drug-likeness (QED) is 0.532. The van der Waals surface area contributed by atoms with E-state index in [1.807, 2.05) is 55.5 Å². The number of carbonyl (C=O) groups is 2. The molecule has 0 aliphatic carbocycles. The van der Waals surface area contributed by atoms with E-state index in [1.165, 1.54) is 16.2 Å². The molecule has 0 radical (unpaired) electrons. The highest BCUT2D eigenvalue weighted by Crippen LogP contribution is 2.28. The third-order valence-electron chi connectivity index (χ3n) is 4.21. The van der Waals surface area contributed by atoms with Gasteiger partial charge in [0, 0.05) is 17.4 Å². The smallest absolute Gasteiger partial charge is 0.355 e. The van der Waals surface area contributed by atoms with Crippen LogP contribution < -0.4 is 4.90 Å². The number of anilines is 1. The molecule has 4 aromatic rings. The highest BCUT2D eigenvalue weighted by Gasteiger charge is 2.20. The molecule has 7 heteroatoms. The Balaban J connectivity index is 1.46. The molecule has 27 heavy (non-hydrogen) atoms. The van der Waals surface area contributed by atoms with Crippen LogP contribution in [-0.2, 0) is 9.53 Å². The first-order valence-corrected chi connectivity index (χ1v) is 9.38. The molecular formula is C20H17N3O3S. The van der Waals surface area contributed by atoms with Crippen molar-refractivity contribution in [1.29, 1.82) is 0 Å². The first-order valence-electron chi connectivity index (χ1n) is 8.56. The predicted octanol–water partition coefficient (Wildman–Crippen LogP) is 3.99. The normalized spacial score (nSPS) is 11.0. The number of aromatic amines is 1. The lowest BCUT2D eigenvalue weighted by molar-refractivity contribution is -0.121. The van der Waals surface area contributed by atoms with Crippen molar-refractivity contribution < 1.29 is 14.3 Å². The molecule has 2 aromatic heterocycles. The number of nitrogens with one attached hydrogen (secondary N) is 1. The van der Waals surface area contributed by atoms with E-state index in [0.717, 1.165) is 21.1 Å². The number of thiazole rings is 1. The Bertz CT molecular complexity index is 1070. The largest absolute Gasteiger partial charge is 0.451 e. The molecule has 1 amide bonds. The maximum Gasteiger partial charge on any atom is 0.355 e. The number of H-pyrrole nitrogens is 1. The molecule has 0 fully saturated rings. The van der Waals surface area contributed by atoms with E-state index in [4.69, 9.17) is 4.74 Å². The molecule has 0 atom stereocenters. The van der Waals surface area contributed by atoms with Crippen LogP contribution in [0.15, 0.2) is 54.6 Å². The lowest BCUT2D eigenvalue weighted by Crippen LogP contribution is -2.34. The van der Waals surface area contributed by atoms with Gasteiger partial charge >= 0.3 is 5.97 Å². The summed E-state index contributed by atoms with van der Waals surface area (Å²) in [5.74, 6) is -0.860. The van der Waals surface area contributed by atoms with Crippen LogP contribution in [0, 0.1) is 0 Å². The average molecular weight is 379 g/mol. The summed E-state index contributed by atoms with van der Waals surface area (Å²) in [6.07, 6.45) is 0. The van der Waals surface area contributed by atoms with Crippen LogP contribution in [0.4, 0.5) is 5.13 Å². The molecule has 0 bridgehead atoms. The van der Waals surface area contributed by atoms with Gasteiger partial charge in [-0.2, -0.15) is 0 Å². The van der Waals surface area contributed by atoms with E-state index < -0.39 is 5.97 Å². The summed E-state index contributed by atoms with van der Waals surface area (Å²) < 4.78 is 6.22. The van der Waals surface area contributed by atoms with Crippen LogP contribution in [0.5, 0.6) is 0 Å². The summed E-state index contributed by atoms with van der Waals surface area (Å²) in [6.45, 7) is 1.98. The molecule has 0 saturated heterocycles. The van der Waals surface area contributed by atoms with Gasteiger partial charge in [0.1, 0.15) is 5.69 Å². The molecular weight excluding hydrogens is 362 g/mol. The number of fused-ring (bicyclic) bond motifs is 2. The zero-order valence-corrected chi connectivity index (χ0v) is 15.5. The number of para-hydroxylation sites is 2. The minimum absolute atomic E-state index is 0.305. The van der Waals surface area contributed by atoms with Crippen LogP contribution >= 0.6 is 11.3 Å². The van der Waals surface area contributed by atoms with Crippen LogP contribution in [0.25, 0.3) is 21.1 Å². The number of nitrogens with zero attached hydrogens (tertiary/aromatic N) is 2. The highest BCUT2D eigenvalue weighted by molar-refractivity contribution is 7.22. The Hall–Kier alpha value is -3.19. The second-order valence-electron chi connectivity index (χ2n) is 5.95. The first-order chi connectivity index (χ1) is 13.2. The maximum atomic E-state index is 12.6. The molecule has 6 nitrogen and oxygen atoms in total. The van der Waals surface area contributed by atoms with Crippen LogP contribution in [0.1, 0.15) is 17.4 Å². The second kappa shape index (κ2) is 7.20. The number of carbonyl (C=O) groups excluding carboxylic acids is 2. The average Bonchev–Trinajstić information content (AvgIpc) is 3.30. The van der Waals surface area contributed by atoms with Gasteiger partial charge in [0.25, 0.3) is 5.91 Å². The van der Waals surface area contributed by atoms with E-state index in [-0.39, 0.29) is 12.5 Å². The number of aromatic nitrogens is 2. The van der Waals surface area contributed by atoms with Crippen molar-refractivity contribution in [2.75, 3.05) is 18.1 Å². The minimum Gasteiger partial charge on any atom is -0.451 e. The van der Waals surface area contributed by atoms with Gasteiger partial charge in [-0.05, 0) is 31.2 Å². The van der Waals surface area contributed by atoms with Crippen molar-refractivity contribution in [2.24, 2.45) is 0 Å². The Labute approximate surface area is 159 Å². The number of ether oxygens (including phenoxy) is 1. The minimum atomic E-state index is -0.556. The standard InChI is InChI=1S/C20H17N3O3S/c1-2-23(20-22-15-9-5-6-10-17(15)27-20)18(24)12-26-19(25)16-11-13-7-3-4-8-14(13)21-16/h3-11,21H,2,12H2,1H3. The topological polar surface area (TPSA) is 75.3 Å². The summed E-state index contributed by atoms with van der Waals surface area (Å²) >= 11 is 1.44. The van der Waals surface area contributed by atoms with Gasteiger partial charge in [-0.15, -0.1) is 0 Å². The van der Waals surface area contributed by atoms with E-state index in [1.54, 1.807) is 6.07 Å². The Morgan fingerprint density at radius 3 is 2.70 bits per heavy atom. The molecule has 0 saturated carbocycles. The molecule has 1 N–H and O–H groups in total. The summed E-state index contributed by atoms with van der Waals surface area (Å²) in [7, 11) is 0. The molecule has 0 aliphatic heterocycles. The number of hydrogen-bond donors (Lipinski definition) is 1. The Morgan fingerprint density at radius 2 is 1.93 bits per heavy atom. The number of rotatable bonds is 5. The number of hydrogen-bond acceptors (Lipinski definition) is 5. The molecule has 4 rings (SSSR count). The van der Waals surface area contributed by atoms with Crippen molar-refractivity contribution in [3.8, 4) is 0 Å². The molecule has 2 heterocycles. The van der Waals surface area contributed by atoms with Crippen molar-refractivity contribution in [3.63, 3.8) is 0 Å². The summed E-state index contributed by atoms with van der Waals surface area (Å²) in [6, 6.07) is 17.0. The first kappa shape index (κ1) is 17.2. The summed E-state index contributed by atoms with van der Waals surface area (Å²) in [5.41, 5.74) is 2.02. The van der Waals surface area contributed by atoms with Gasteiger partial charge in [-0.25, -0.2) is 9.78 Å². The van der Waals surface area contributed by atoms with Gasteiger partial charge in [0.15, 0.2) is 11.7 Å². The third kappa shape index (κ3) is 3.41. The lowest BCUT2D eigenvalue weighted by Gasteiger charge is -2.17. The Morgan fingerprint density at radius 1 is 1.15 bits per heavy atom. The fourth-order valence-electron chi connectivity index (χ4n) is 2.86. The summed E-state index contributed by atoms with van der Waals surface area (Å²) in [4.78, 5) is 33.9. The van der Waals surface area contributed by atoms with Gasteiger partial charge < -0.3 is 9.72 Å². The molecule has 0 spiro atoms. The predicted molar refractivity (Wildman–Crippen MR) is 106 cm³/mol. The van der Waals surface area contributed by atoms with Crippen molar-refractivity contribution >= 4 is 49.5 Å². The highest BCUT2D eigenvalue weighted by atomic mass is 32.1. The number of amides is 1. The van der Waals surface area contributed by atoms with Gasteiger partial charge in [0.05, 0.1) is 10.2 Å². The van der Waals surface area contributed by atoms with Crippen molar-refractivity contribution in [1.82, 2.24) is 9.97 Å². The molecule has 0 aliphatic rings. The number of esters is 1. The molecule has 0 unspecified atom stereocenters. The van der Waals surface area contributed by atoms with Crippen LogP contribution in [-0.4, -0.2) is 35.0 Å². The lowest BCUT2D eigenvalue weighted by atomic mass is 10.2. The summed E-state index contributed by atoms with van der Waals surface area (Å²) in [5, 5.41) is 1.52. The third-order valence-corrected chi connectivity index (χ3v) is 5.27. The van der Waals surface area contributed by atoms with E-state index in [2.05, 4.69) is 9.97 Å². The van der Waals surface area contributed by atoms with E-state index >= 15 is 0 Å².